The lowest BCUT2D eigenvalue weighted by molar-refractivity contribution is -0.139. The average Bonchev–Trinajstić information content (AvgIpc) is 2.51. The molecule has 0 aliphatic heterocycles. The highest BCUT2D eigenvalue weighted by molar-refractivity contribution is 5.80. The monoisotopic (exact) mass is 354 g/mol. The van der Waals surface area contributed by atoms with E-state index in [1.807, 2.05) is 0 Å². The molecule has 0 heterocycles. The van der Waals surface area contributed by atoms with Gasteiger partial charge >= 0.3 is 12.1 Å². The van der Waals surface area contributed by atoms with Gasteiger partial charge in [-0.1, -0.05) is 6.07 Å². The highest BCUT2D eigenvalue weighted by Gasteiger charge is 2.26. The molecule has 8 heteroatoms. The number of nitrogens with two attached hydrogens (primary N) is 1. The van der Waals surface area contributed by atoms with E-state index in [0.717, 1.165) is 0 Å². The van der Waals surface area contributed by atoms with Gasteiger partial charge in [-0.3, -0.25) is 0 Å². The average molecular weight is 354 g/mol. The molecule has 140 valence electrons. The second-order valence-electron chi connectivity index (χ2n) is 6.49. The van der Waals surface area contributed by atoms with E-state index in [1.54, 1.807) is 39.0 Å². The van der Waals surface area contributed by atoms with Crippen LogP contribution in [0, 0.1) is 0 Å². The normalized spacial score (nSPS) is 13.5. The number of carboxylic acid groups (broad SMARTS) is 1. The predicted octanol–water partition coefficient (Wildman–Crippen LogP) is 2.07. The number of benzene rings is 1. The molecule has 0 aliphatic rings. The fraction of sp³-hybridized carbons (Fsp3) is 0.529. The van der Waals surface area contributed by atoms with Crippen LogP contribution in [-0.2, 0) is 9.53 Å². The molecule has 1 rings (SSSR count). The fourth-order valence-electron chi connectivity index (χ4n) is 2.14. The number of aliphatic carboxylic acids is 1. The van der Waals surface area contributed by atoms with Crippen LogP contribution in [0.2, 0.25) is 0 Å². The van der Waals surface area contributed by atoms with Crippen molar-refractivity contribution in [3.63, 3.8) is 0 Å². The van der Waals surface area contributed by atoms with Crippen LogP contribution < -0.4 is 20.5 Å². The van der Waals surface area contributed by atoms with Gasteiger partial charge in [0.2, 0.25) is 0 Å². The van der Waals surface area contributed by atoms with Crippen LogP contribution in [0.5, 0.6) is 11.5 Å². The zero-order chi connectivity index (χ0) is 19.2. The van der Waals surface area contributed by atoms with Crippen LogP contribution in [0.3, 0.4) is 0 Å². The Morgan fingerprint density at radius 2 is 1.80 bits per heavy atom. The lowest BCUT2D eigenvalue weighted by Crippen LogP contribution is -2.44. The van der Waals surface area contributed by atoms with Gasteiger partial charge in [-0.05, 0) is 44.9 Å². The Balaban J connectivity index is 2.84. The van der Waals surface area contributed by atoms with Crippen LogP contribution in [0.25, 0.3) is 0 Å². The molecule has 1 amide bonds. The van der Waals surface area contributed by atoms with Gasteiger partial charge in [0.25, 0.3) is 0 Å². The van der Waals surface area contributed by atoms with E-state index in [4.69, 9.17) is 19.9 Å². The summed E-state index contributed by atoms with van der Waals surface area (Å²) in [5.74, 6) is -0.163. The Morgan fingerprint density at radius 1 is 1.20 bits per heavy atom. The highest BCUT2D eigenvalue weighted by Crippen LogP contribution is 2.30. The van der Waals surface area contributed by atoms with Crippen LogP contribution in [-0.4, -0.2) is 43.0 Å². The van der Waals surface area contributed by atoms with E-state index >= 15 is 0 Å². The van der Waals surface area contributed by atoms with Gasteiger partial charge in [-0.2, -0.15) is 0 Å². The molecule has 0 unspecified atom stereocenters. The SMILES string of the molecule is COc1ccc([C@@H](N)C[C@H](NC(=O)OC(C)(C)C)C(=O)O)cc1OC. The summed E-state index contributed by atoms with van der Waals surface area (Å²) in [5, 5.41) is 11.7. The summed E-state index contributed by atoms with van der Waals surface area (Å²) < 4.78 is 15.4. The van der Waals surface area contributed by atoms with E-state index < -0.39 is 29.7 Å². The van der Waals surface area contributed by atoms with Gasteiger partial charge in [-0.25, -0.2) is 9.59 Å². The molecule has 1 aromatic rings. The molecule has 0 saturated heterocycles. The quantitative estimate of drug-likeness (QED) is 0.685. The van der Waals surface area contributed by atoms with E-state index in [2.05, 4.69) is 5.32 Å². The fourth-order valence-corrected chi connectivity index (χ4v) is 2.14. The second-order valence-corrected chi connectivity index (χ2v) is 6.49. The number of carbonyl (C=O) groups is 2. The highest BCUT2D eigenvalue weighted by atomic mass is 16.6. The van der Waals surface area contributed by atoms with E-state index in [0.29, 0.717) is 17.1 Å². The van der Waals surface area contributed by atoms with Crippen molar-refractivity contribution in [1.82, 2.24) is 5.32 Å². The van der Waals surface area contributed by atoms with Gasteiger partial charge in [0.15, 0.2) is 11.5 Å². The molecule has 25 heavy (non-hydrogen) atoms. The van der Waals surface area contributed by atoms with Crippen molar-refractivity contribution < 1.29 is 28.9 Å². The van der Waals surface area contributed by atoms with Crippen molar-refractivity contribution in [3.8, 4) is 11.5 Å². The lowest BCUT2D eigenvalue weighted by Gasteiger charge is -2.23. The maximum absolute atomic E-state index is 11.8. The Morgan fingerprint density at radius 3 is 2.28 bits per heavy atom. The van der Waals surface area contributed by atoms with Crippen molar-refractivity contribution in [2.75, 3.05) is 14.2 Å². The summed E-state index contributed by atoms with van der Waals surface area (Å²) in [4.78, 5) is 23.2. The number of hydrogen-bond donors (Lipinski definition) is 3. The van der Waals surface area contributed by atoms with E-state index in [9.17, 15) is 14.7 Å². The van der Waals surface area contributed by atoms with Gasteiger partial charge in [-0.15, -0.1) is 0 Å². The third-order valence-electron chi connectivity index (χ3n) is 3.31. The summed E-state index contributed by atoms with van der Waals surface area (Å²) in [7, 11) is 3.01. The minimum Gasteiger partial charge on any atom is -0.493 e. The Kier molecular flexibility index (Phi) is 7.05. The maximum atomic E-state index is 11.8. The molecule has 0 radical (unpaired) electrons. The van der Waals surface area contributed by atoms with Crippen LogP contribution in [0.15, 0.2) is 18.2 Å². The number of amides is 1. The van der Waals surface area contributed by atoms with Crippen molar-refractivity contribution >= 4 is 12.1 Å². The van der Waals surface area contributed by atoms with Gasteiger partial charge in [0.1, 0.15) is 11.6 Å². The van der Waals surface area contributed by atoms with Crippen molar-refractivity contribution in [1.29, 1.82) is 0 Å². The van der Waals surface area contributed by atoms with Crippen LogP contribution >= 0.6 is 0 Å². The first-order valence-corrected chi connectivity index (χ1v) is 7.77. The summed E-state index contributed by atoms with van der Waals surface area (Å²) in [5.41, 5.74) is 6.04. The minimum absolute atomic E-state index is 0.00986. The smallest absolute Gasteiger partial charge is 0.408 e. The number of methoxy groups -OCH3 is 2. The first-order chi connectivity index (χ1) is 11.6. The Labute approximate surface area is 147 Å². The molecule has 1 aromatic carbocycles. The summed E-state index contributed by atoms with van der Waals surface area (Å²) in [6, 6.07) is 3.27. The molecule has 0 spiro atoms. The van der Waals surface area contributed by atoms with Gasteiger partial charge in [0.05, 0.1) is 14.2 Å². The summed E-state index contributed by atoms with van der Waals surface area (Å²) in [6.45, 7) is 5.08. The third-order valence-corrected chi connectivity index (χ3v) is 3.31. The van der Waals surface area contributed by atoms with Gasteiger partial charge in [0, 0.05) is 6.04 Å². The van der Waals surface area contributed by atoms with Crippen molar-refractivity contribution in [3.05, 3.63) is 23.8 Å². The largest absolute Gasteiger partial charge is 0.493 e. The van der Waals surface area contributed by atoms with E-state index in [-0.39, 0.29) is 6.42 Å². The molecule has 4 N–H and O–H groups in total. The standard InChI is InChI=1S/C17H26N2O6/c1-17(2,3)25-16(22)19-12(15(20)21)9-11(18)10-6-7-13(23-4)14(8-10)24-5/h6-8,11-12H,9,18H2,1-5H3,(H,19,22)(H,20,21)/t11-,12-/m0/s1. The molecule has 0 aliphatic carbocycles. The number of ether oxygens (including phenoxy) is 3. The molecule has 2 atom stereocenters. The zero-order valence-corrected chi connectivity index (χ0v) is 15.2. The van der Waals surface area contributed by atoms with Gasteiger partial charge < -0.3 is 30.4 Å². The lowest BCUT2D eigenvalue weighted by atomic mass is 9.99. The number of alkyl carbamates (subject to hydrolysis) is 1. The summed E-state index contributed by atoms with van der Waals surface area (Å²) >= 11 is 0. The molecule has 0 aromatic heterocycles. The zero-order valence-electron chi connectivity index (χ0n) is 15.2. The second kappa shape index (κ2) is 8.57. The minimum atomic E-state index is -1.19. The van der Waals surface area contributed by atoms with Crippen LogP contribution in [0.1, 0.15) is 38.8 Å². The third kappa shape index (κ3) is 6.50. The van der Waals surface area contributed by atoms with Crippen molar-refractivity contribution in [2.24, 2.45) is 5.73 Å². The molecule has 0 fully saturated rings. The predicted molar refractivity (Wildman–Crippen MR) is 91.9 cm³/mol. The number of carboxylic acids is 1. The first kappa shape index (κ1) is 20.6. The van der Waals surface area contributed by atoms with Crippen molar-refractivity contribution in [2.45, 2.75) is 44.9 Å². The summed E-state index contributed by atoms with van der Waals surface area (Å²) in [6.07, 6.45) is -0.816. The molecular weight excluding hydrogens is 328 g/mol. The Bertz CT molecular complexity index is 612. The topological polar surface area (TPSA) is 120 Å². The molecular formula is C17H26N2O6. The number of carbonyl (C=O) groups excluding carboxylic acids is 1. The number of rotatable bonds is 7. The molecule has 8 nitrogen and oxygen atoms in total. The Hall–Kier alpha value is -2.48. The number of hydrogen-bond acceptors (Lipinski definition) is 6. The maximum Gasteiger partial charge on any atom is 0.408 e. The number of nitrogens with one attached hydrogen (secondary N) is 1. The molecule has 0 saturated carbocycles. The van der Waals surface area contributed by atoms with E-state index in [1.165, 1.54) is 14.2 Å². The van der Waals surface area contributed by atoms with Crippen LogP contribution in [0.4, 0.5) is 4.79 Å². The molecule has 0 bridgehead atoms. The first-order valence-electron chi connectivity index (χ1n) is 7.77.